The van der Waals surface area contributed by atoms with Gasteiger partial charge >= 0.3 is 0 Å². The molecule has 0 fully saturated rings. The van der Waals surface area contributed by atoms with E-state index in [1.807, 2.05) is 31.2 Å². The lowest BCUT2D eigenvalue weighted by atomic mass is 10.1. The summed E-state index contributed by atoms with van der Waals surface area (Å²) in [5.74, 6) is -0.474. The number of hydrogen-bond acceptors (Lipinski definition) is 3. The van der Waals surface area contributed by atoms with Gasteiger partial charge in [0, 0.05) is 12.7 Å². The van der Waals surface area contributed by atoms with Gasteiger partial charge in [0.1, 0.15) is 6.67 Å². The van der Waals surface area contributed by atoms with Gasteiger partial charge < -0.3 is 10.6 Å². The maximum Gasteiger partial charge on any atom is 0.180 e. The third-order valence-electron chi connectivity index (χ3n) is 2.47. The van der Waals surface area contributed by atoms with Crippen LogP contribution in [0, 0.1) is 6.92 Å². The average molecular weight is 219 g/mol. The molecule has 1 aromatic carbocycles. The number of amidine groups is 1. The molecule has 0 unspecified atom stereocenters. The summed E-state index contributed by atoms with van der Waals surface area (Å²) >= 11 is 0. The average Bonchev–Trinajstić information content (AvgIpc) is 2.27. The first-order valence-corrected chi connectivity index (χ1v) is 5.12. The van der Waals surface area contributed by atoms with Gasteiger partial charge in [-0.25, -0.2) is 9.38 Å². The first kappa shape index (κ1) is 10.7. The Kier molecular flexibility index (Phi) is 2.90. The molecule has 2 rings (SSSR count). The highest BCUT2D eigenvalue weighted by molar-refractivity contribution is 5.95. The second-order valence-electron chi connectivity index (χ2n) is 3.89. The molecule has 1 aliphatic heterocycles. The molecule has 2 N–H and O–H groups in total. The van der Waals surface area contributed by atoms with Gasteiger partial charge in [-0.15, -0.1) is 0 Å². The molecule has 16 heavy (non-hydrogen) atoms. The summed E-state index contributed by atoms with van der Waals surface area (Å²) in [6.45, 7) is 3.09. The van der Waals surface area contributed by atoms with Gasteiger partial charge in [-0.3, -0.25) is 0 Å². The van der Waals surface area contributed by atoms with E-state index in [1.165, 1.54) is 11.8 Å². The zero-order valence-electron chi connectivity index (χ0n) is 9.15. The van der Waals surface area contributed by atoms with Gasteiger partial charge in [0.25, 0.3) is 0 Å². The highest BCUT2D eigenvalue weighted by Gasteiger charge is 2.11. The maximum atomic E-state index is 13.2. The van der Waals surface area contributed by atoms with Crippen LogP contribution in [0.25, 0.3) is 0 Å². The zero-order chi connectivity index (χ0) is 11.5. The predicted octanol–water partition coefficient (Wildman–Crippen LogP) is 1.94. The molecule has 84 valence electrons. The van der Waals surface area contributed by atoms with Crippen LogP contribution in [0.1, 0.15) is 11.1 Å². The minimum atomic E-state index is -0.460. The summed E-state index contributed by atoms with van der Waals surface area (Å²) in [7, 11) is 0. The van der Waals surface area contributed by atoms with Crippen LogP contribution in [0.15, 0.2) is 41.3 Å². The van der Waals surface area contributed by atoms with Crippen molar-refractivity contribution in [1.29, 1.82) is 0 Å². The fourth-order valence-electron chi connectivity index (χ4n) is 1.53. The van der Waals surface area contributed by atoms with Crippen molar-refractivity contribution in [2.45, 2.75) is 13.5 Å². The first-order chi connectivity index (χ1) is 7.65. The van der Waals surface area contributed by atoms with E-state index < -0.39 is 5.83 Å². The van der Waals surface area contributed by atoms with E-state index in [9.17, 15) is 4.39 Å². The SMILES string of the molecule is Cc1ccc(CN2C=C(F)C(N)=NC2)cc1. The number of aryl methyl sites for hydroxylation is 1. The van der Waals surface area contributed by atoms with E-state index >= 15 is 0 Å². The summed E-state index contributed by atoms with van der Waals surface area (Å²) in [4.78, 5) is 5.67. The van der Waals surface area contributed by atoms with Gasteiger partial charge in [0.05, 0.1) is 0 Å². The maximum absolute atomic E-state index is 13.2. The quantitative estimate of drug-likeness (QED) is 0.825. The molecule has 0 saturated heterocycles. The number of rotatable bonds is 2. The minimum Gasteiger partial charge on any atom is -0.381 e. The van der Waals surface area contributed by atoms with E-state index in [1.54, 1.807) is 4.90 Å². The summed E-state index contributed by atoms with van der Waals surface area (Å²) in [5, 5.41) is 0. The monoisotopic (exact) mass is 219 g/mol. The van der Waals surface area contributed by atoms with Crippen molar-refractivity contribution < 1.29 is 4.39 Å². The largest absolute Gasteiger partial charge is 0.381 e. The molecule has 0 aliphatic carbocycles. The molecule has 3 nitrogen and oxygen atoms in total. The zero-order valence-corrected chi connectivity index (χ0v) is 9.15. The van der Waals surface area contributed by atoms with Crippen LogP contribution in [0.5, 0.6) is 0 Å². The lowest BCUT2D eigenvalue weighted by Crippen LogP contribution is -2.27. The van der Waals surface area contributed by atoms with E-state index in [0.717, 1.165) is 5.56 Å². The van der Waals surface area contributed by atoms with Crippen molar-refractivity contribution in [3.05, 3.63) is 47.4 Å². The molecule has 0 spiro atoms. The van der Waals surface area contributed by atoms with Crippen LogP contribution in [-0.4, -0.2) is 17.4 Å². The van der Waals surface area contributed by atoms with Crippen LogP contribution in [0.2, 0.25) is 0 Å². The van der Waals surface area contributed by atoms with Crippen LogP contribution >= 0.6 is 0 Å². The van der Waals surface area contributed by atoms with E-state index in [-0.39, 0.29) is 5.84 Å². The number of nitrogens with two attached hydrogens (primary N) is 1. The van der Waals surface area contributed by atoms with Crippen molar-refractivity contribution in [2.24, 2.45) is 10.7 Å². The number of benzene rings is 1. The second kappa shape index (κ2) is 4.35. The van der Waals surface area contributed by atoms with Gasteiger partial charge in [-0.05, 0) is 12.5 Å². The Labute approximate surface area is 94.1 Å². The highest BCUT2D eigenvalue weighted by atomic mass is 19.1. The molecule has 1 aliphatic rings. The minimum absolute atomic E-state index is 0.0137. The number of aliphatic imine (C=N–C) groups is 1. The Balaban J connectivity index is 2.04. The first-order valence-electron chi connectivity index (χ1n) is 5.12. The van der Waals surface area contributed by atoms with Crippen molar-refractivity contribution in [3.63, 3.8) is 0 Å². The van der Waals surface area contributed by atoms with Crippen LogP contribution in [0.3, 0.4) is 0 Å². The summed E-state index contributed by atoms with van der Waals surface area (Å²) in [6, 6.07) is 8.14. The highest BCUT2D eigenvalue weighted by Crippen LogP contribution is 2.12. The molecule has 1 heterocycles. The number of nitrogens with zero attached hydrogens (tertiary/aromatic N) is 2. The molecule has 4 heteroatoms. The van der Waals surface area contributed by atoms with Gasteiger partial charge in [0.15, 0.2) is 11.7 Å². The Morgan fingerprint density at radius 1 is 1.38 bits per heavy atom. The van der Waals surface area contributed by atoms with Crippen molar-refractivity contribution in [2.75, 3.05) is 6.67 Å². The fraction of sp³-hybridized carbons (Fsp3) is 0.250. The standard InChI is InChI=1S/C12H14FN3/c1-9-2-4-10(5-3-9)6-16-7-11(13)12(14)15-8-16/h2-5,7H,6,8H2,1H3,(H2,14,15). The van der Waals surface area contributed by atoms with Crippen molar-refractivity contribution in [1.82, 2.24) is 4.90 Å². The Morgan fingerprint density at radius 2 is 2.06 bits per heavy atom. The van der Waals surface area contributed by atoms with Crippen molar-refractivity contribution in [3.8, 4) is 0 Å². The van der Waals surface area contributed by atoms with Crippen molar-refractivity contribution >= 4 is 5.84 Å². The molecule has 0 radical (unpaired) electrons. The van der Waals surface area contributed by atoms with E-state index in [0.29, 0.717) is 13.2 Å². The van der Waals surface area contributed by atoms with Crippen LogP contribution < -0.4 is 5.73 Å². The number of halogens is 1. The number of hydrogen-bond donors (Lipinski definition) is 1. The van der Waals surface area contributed by atoms with Gasteiger partial charge in [-0.1, -0.05) is 29.8 Å². The molecule has 0 aromatic heterocycles. The molecule has 0 amide bonds. The molecule has 0 saturated carbocycles. The molecule has 0 atom stereocenters. The topological polar surface area (TPSA) is 41.6 Å². The molecular weight excluding hydrogens is 205 g/mol. The Morgan fingerprint density at radius 3 is 2.69 bits per heavy atom. The summed E-state index contributed by atoms with van der Waals surface area (Å²) in [5.41, 5.74) is 7.68. The van der Waals surface area contributed by atoms with E-state index in [2.05, 4.69) is 4.99 Å². The lowest BCUT2D eigenvalue weighted by molar-refractivity contribution is 0.364. The fourth-order valence-corrected chi connectivity index (χ4v) is 1.53. The van der Waals surface area contributed by atoms with Crippen LogP contribution in [0.4, 0.5) is 4.39 Å². The third kappa shape index (κ3) is 2.39. The normalized spacial score (nSPS) is 15.8. The Hall–Kier alpha value is -1.84. The molecule has 0 bridgehead atoms. The lowest BCUT2D eigenvalue weighted by Gasteiger charge is -2.21. The summed E-state index contributed by atoms with van der Waals surface area (Å²) in [6.07, 6.45) is 1.40. The summed E-state index contributed by atoms with van der Waals surface area (Å²) < 4.78 is 13.2. The molecule has 1 aromatic rings. The third-order valence-corrected chi connectivity index (χ3v) is 2.47. The predicted molar refractivity (Wildman–Crippen MR) is 62.4 cm³/mol. The smallest absolute Gasteiger partial charge is 0.180 e. The molecular formula is C12H14FN3. The van der Waals surface area contributed by atoms with Gasteiger partial charge in [-0.2, -0.15) is 0 Å². The van der Waals surface area contributed by atoms with E-state index in [4.69, 9.17) is 5.73 Å². The second-order valence-corrected chi connectivity index (χ2v) is 3.89. The Bertz CT molecular complexity index is 434. The van der Waals surface area contributed by atoms with Gasteiger partial charge in [0.2, 0.25) is 0 Å². The van der Waals surface area contributed by atoms with Crippen LogP contribution in [-0.2, 0) is 6.54 Å².